The van der Waals surface area contributed by atoms with Crippen molar-refractivity contribution in [2.24, 2.45) is 0 Å². The number of phenols is 3. The molecule has 0 bridgehead atoms. The summed E-state index contributed by atoms with van der Waals surface area (Å²) in [6.45, 7) is 0.910. The molecule has 18 heavy (non-hydrogen) atoms. The molecule has 0 aliphatic heterocycles. The van der Waals surface area contributed by atoms with Gasteiger partial charge in [0.15, 0.2) is 15.5 Å². The summed E-state index contributed by atoms with van der Waals surface area (Å²) in [6, 6.07) is 0. The molecular formula is C7H8O9S2. The maximum absolute atomic E-state index is 10.9. The SMILES string of the molecule is Cc1c(O)c(S(=O)(=O)O)c(O)c(S(=O)(=O)O)c1O. The highest BCUT2D eigenvalue weighted by atomic mass is 32.2. The van der Waals surface area contributed by atoms with Crippen molar-refractivity contribution in [3.8, 4) is 17.2 Å². The molecule has 102 valence electrons. The first-order valence-corrected chi connectivity index (χ1v) is 6.99. The summed E-state index contributed by atoms with van der Waals surface area (Å²) in [5.74, 6) is -4.15. The molecule has 11 heteroatoms. The minimum atomic E-state index is -5.17. The van der Waals surface area contributed by atoms with Gasteiger partial charge in [0.25, 0.3) is 0 Å². The van der Waals surface area contributed by atoms with Crippen molar-refractivity contribution < 1.29 is 41.3 Å². The van der Waals surface area contributed by atoms with Gasteiger partial charge in [-0.25, -0.2) is 0 Å². The zero-order valence-corrected chi connectivity index (χ0v) is 10.3. The van der Waals surface area contributed by atoms with E-state index in [0.29, 0.717) is 0 Å². The first-order chi connectivity index (χ1) is 7.89. The second-order valence-corrected chi connectivity index (χ2v) is 6.00. The Morgan fingerprint density at radius 1 is 0.722 bits per heavy atom. The van der Waals surface area contributed by atoms with Gasteiger partial charge in [-0.2, -0.15) is 16.8 Å². The van der Waals surface area contributed by atoms with Gasteiger partial charge < -0.3 is 15.3 Å². The topological polar surface area (TPSA) is 169 Å². The molecule has 0 heterocycles. The molecule has 0 fully saturated rings. The van der Waals surface area contributed by atoms with Crippen LogP contribution in [0.1, 0.15) is 5.56 Å². The quantitative estimate of drug-likeness (QED) is 0.456. The van der Waals surface area contributed by atoms with E-state index in [4.69, 9.17) is 9.11 Å². The Hall–Kier alpha value is -1.56. The Kier molecular flexibility index (Phi) is 3.21. The normalized spacial score (nSPS) is 12.6. The molecule has 0 saturated heterocycles. The van der Waals surface area contributed by atoms with Crippen LogP contribution >= 0.6 is 0 Å². The summed E-state index contributed by atoms with van der Waals surface area (Å²) in [6.07, 6.45) is 0. The Morgan fingerprint density at radius 3 is 1.22 bits per heavy atom. The van der Waals surface area contributed by atoms with Crippen molar-refractivity contribution >= 4 is 20.2 Å². The van der Waals surface area contributed by atoms with E-state index < -0.39 is 52.8 Å². The minimum Gasteiger partial charge on any atom is -0.506 e. The van der Waals surface area contributed by atoms with Crippen LogP contribution in [0, 0.1) is 6.92 Å². The molecule has 0 atom stereocenters. The summed E-state index contributed by atoms with van der Waals surface area (Å²) in [7, 11) is -10.3. The van der Waals surface area contributed by atoms with Crippen LogP contribution in [0.3, 0.4) is 0 Å². The second kappa shape index (κ2) is 3.98. The molecular weight excluding hydrogens is 292 g/mol. The van der Waals surface area contributed by atoms with Gasteiger partial charge in [0.1, 0.15) is 11.5 Å². The Labute approximate surface area is 101 Å². The number of hydrogen-bond acceptors (Lipinski definition) is 7. The average Bonchev–Trinajstić information content (AvgIpc) is 2.09. The molecule has 0 saturated carbocycles. The zero-order valence-electron chi connectivity index (χ0n) is 8.69. The smallest absolute Gasteiger partial charge is 0.302 e. The first-order valence-electron chi connectivity index (χ1n) is 4.11. The highest BCUT2D eigenvalue weighted by Gasteiger charge is 2.33. The standard InChI is InChI=1S/C7H8O9S2/c1-2-3(8)6(17(11,12)13)5(10)7(4(2)9)18(14,15)16/h8-10H,1H3,(H,11,12,13)(H,14,15,16). The lowest BCUT2D eigenvalue weighted by Gasteiger charge is -2.12. The predicted molar refractivity (Wildman–Crippen MR) is 55.8 cm³/mol. The minimum absolute atomic E-state index is 0.659. The van der Waals surface area contributed by atoms with E-state index in [-0.39, 0.29) is 0 Å². The zero-order chi connectivity index (χ0) is 14.5. The fourth-order valence-corrected chi connectivity index (χ4v) is 2.82. The van der Waals surface area contributed by atoms with E-state index in [1.165, 1.54) is 0 Å². The molecule has 0 unspecified atom stereocenters. The summed E-state index contributed by atoms with van der Waals surface area (Å²) >= 11 is 0. The van der Waals surface area contributed by atoms with E-state index >= 15 is 0 Å². The Balaban J connectivity index is 4.09. The van der Waals surface area contributed by atoms with Gasteiger partial charge in [-0.05, 0) is 6.92 Å². The highest BCUT2D eigenvalue weighted by Crippen LogP contribution is 2.45. The van der Waals surface area contributed by atoms with Crippen molar-refractivity contribution in [3.05, 3.63) is 5.56 Å². The molecule has 0 spiro atoms. The maximum Gasteiger partial charge on any atom is 0.302 e. The highest BCUT2D eigenvalue weighted by molar-refractivity contribution is 7.87. The van der Waals surface area contributed by atoms with Crippen molar-refractivity contribution in [1.82, 2.24) is 0 Å². The van der Waals surface area contributed by atoms with E-state index in [9.17, 15) is 32.2 Å². The number of hydrogen-bond donors (Lipinski definition) is 5. The van der Waals surface area contributed by atoms with Crippen LogP contribution in [0.15, 0.2) is 9.79 Å². The van der Waals surface area contributed by atoms with Gasteiger partial charge in [-0.1, -0.05) is 0 Å². The largest absolute Gasteiger partial charge is 0.506 e. The molecule has 1 aromatic rings. The average molecular weight is 300 g/mol. The fourth-order valence-electron chi connectivity index (χ4n) is 1.27. The van der Waals surface area contributed by atoms with Gasteiger partial charge in [0.05, 0.1) is 0 Å². The monoisotopic (exact) mass is 300 g/mol. The molecule has 0 radical (unpaired) electrons. The molecule has 0 aromatic heterocycles. The van der Waals surface area contributed by atoms with Crippen LogP contribution in [0.25, 0.3) is 0 Å². The van der Waals surface area contributed by atoms with Crippen molar-refractivity contribution in [2.45, 2.75) is 16.7 Å². The maximum atomic E-state index is 10.9. The van der Waals surface area contributed by atoms with Gasteiger partial charge in [-0.15, -0.1) is 0 Å². The molecule has 0 amide bonds. The van der Waals surface area contributed by atoms with Gasteiger partial charge in [0.2, 0.25) is 0 Å². The number of benzene rings is 1. The molecule has 1 aromatic carbocycles. The van der Waals surface area contributed by atoms with Crippen molar-refractivity contribution in [2.75, 3.05) is 0 Å². The summed E-state index contributed by atoms with van der Waals surface area (Å²) in [5, 5.41) is 28.0. The molecule has 0 aliphatic rings. The van der Waals surface area contributed by atoms with Crippen LogP contribution in [-0.2, 0) is 20.2 Å². The lowest BCUT2D eigenvalue weighted by atomic mass is 10.2. The molecule has 0 aliphatic carbocycles. The van der Waals surface area contributed by atoms with Crippen molar-refractivity contribution in [1.29, 1.82) is 0 Å². The molecule has 5 N–H and O–H groups in total. The van der Waals surface area contributed by atoms with Crippen LogP contribution < -0.4 is 0 Å². The lowest BCUT2D eigenvalue weighted by Crippen LogP contribution is -2.06. The van der Waals surface area contributed by atoms with Gasteiger partial charge >= 0.3 is 20.2 Å². The van der Waals surface area contributed by atoms with Crippen LogP contribution in [-0.4, -0.2) is 41.3 Å². The number of rotatable bonds is 2. The van der Waals surface area contributed by atoms with Gasteiger partial charge in [-0.3, -0.25) is 9.11 Å². The van der Waals surface area contributed by atoms with E-state index in [0.717, 1.165) is 6.92 Å². The fraction of sp³-hybridized carbons (Fsp3) is 0.143. The van der Waals surface area contributed by atoms with Crippen molar-refractivity contribution in [3.63, 3.8) is 0 Å². The number of aromatic hydroxyl groups is 3. The van der Waals surface area contributed by atoms with E-state index in [1.807, 2.05) is 0 Å². The third kappa shape index (κ3) is 2.20. The summed E-state index contributed by atoms with van der Waals surface area (Å²) in [4.78, 5) is -3.05. The summed E-state index contributed by atoms with van der Waals surface area (Å²) in [5.41, 5.74) is -0.659. The van der Waals surface area contributed by atoms with Crippen LogP contribution in [0.4, 0.5) is 0 Å². The third-order valence-electron chi connectivity index (χ3n) is 2.09. The molecule has 1 rings (SSSR count). The third-order valence-corrected chi connectivity index (χ3v) is 3.89. The van der Waals surface area contributed by atoms with Gasteiger partial charge in [0, 0.05) is 5.56 Å². The lowest BCUT2D eigenvalue weighted by molar-refractivity contribution is 0.372. The Morgan fingerprint density at radius 2 is 1.00 bits per heavy atom. The van der Waals surface area contributed by atoms with E-state index in [2.05, 4.69) is 0 Å². The molecule has 9 nitrogen and oxygen atoms in total. The predicted octanol–water partition coefficient (Wildman–Crippen LogP) is -0.395. The first kappa shape index (κ1) is 14.5. The second-order valence-electron chi connectivity index (χ2n) is 3.28. The van der Waals surface area contributed by atoms with Crippen LogP contribution in [0.2, 0.25) is 0 Å². The summed E-state index contributed by atoms with van der Waals surface area (Å²) < 4.78 is 61.1. The van der Waals surface area contributed by atoms with E-state index in [1.54, 1.807) is 0 Å². The Bertz CT molecular complexity index is 655. The van der Waals surface area contributed by atoms with Crippen LogP contribution in [0.5, 0.6) is 17.2 Å². The number of phenolic OH excluding ortho intramolecular Hbond substituents is 3.